The Bertz CT molecular complexity index is 1150. The van der Waals surface area contributed by atoms with Gasteiger partial charge in [0.15, 0.2) is 16.7 Å². The van der Waals surface area contributed by atoms with Crippen molar-refractivity contribution in [2.45, 2.75) is 55.4 Å². The zero-order valence-electron chi connectivity index (χ0n) is 20.3. The number of fused-ring (bicyclic) bond motifs is 3. The number of nitrogens with one attached hydrogen (secondary N) is 4. The number of thioether (sulfide) groups is 1. The fourth-order valence-corrected chi connectivity index (χ4v) is 6.82. The Balaban J connectivity index is 1.15. The van der Waals surface area contributed by atoms with Crippen LogP contribution in [0.3, 0.4) is 0 Å². The highest BCUT2D eigenvalue weighted by Crippen LogP contribution is 2.65. The van der Waals surface area contributed by atoms with Gasteiger partial charge >= 0.3 is 0 Å². The number of aromatic nitrogens is 2. The van der Waals surface area contributed by atoms with Crippen LogP contribution in [-0.4, -0.2) is 48.1 Å². The van der Waals surface area contributed by atoms with Crippen LogP contribution in [0.5, 0.6) is 11.5 Å². The van der Waals surface area contributed by atoms with Gasteiger partial charge in [-0.25, -0.2) is 15.4 Å². The van der Waals surface area contributed by atoms with Crippen molar-refractivity contribution in [3.63, 3.8) is 0 Å². The summed E-state index contributed by atoms with van der Waals surface area (Å²) in [6.07, 6.45) is 7.93. The number of carbonyl (C=O) groups excluding carboxylic acids is 1. The number of hydrogen-bond donors (Lipinski definition) is 4. The average Bonchev–Trinajstić information content (AvgIpc) is 3.43. The summed E-state index contributed by atoms with van der Waals surface area (Å²) in [5.74, 6) is 3.67. The van der Waals surface area contributed by atoms with E-state index >= 15 is 0 Å². The Morgan fingerprint density at radius 3 is 2.97 bits per heavy atom. The van der Waals surface area contributed by atoms with Gasteiger partial charge in [-0.3, -0.25) is 10.2 Å². The van der Waals surface area contributed by atoms with Gasteiger partial charge in [-0.1, -0.05) is 11.8 Å². The number of anilines is 2. The van der Waals surface area contributed by atoms with Crippen LogP contribution in [0.15, 0.2) is 29.6 Å². The van der Waals surface area contributed by atoms with Crippen LogP contribution in [0.1, 0.15) is 38.2 Å². The van der Waals surface area contributed by atoms with Crippen LogP contribution < -0.4 is 31.0 Å². The van der Waals surface area contributed by atoms with E-state index in [-0.39, 0.29) is 17.5 Å². The number of carbonyl (C=O) groups is 1. The summed E-state index contributed by atoms with van der Waals surface area (Å²) in [6.45, 7) is 2.52. The fraction of sp³-hybridized carbons (Fsp3) is 0.560. The molecule has 9 nitrogen and oxygen atoms in total. The van der Waals surface area contributed by atoms with Gasteiger partial charge in [0.25, 0.3) is 0 Å². The van der Waals surface area contributed by atoms with Gasteiger partial charge in [-0.2, -0.15) is 0 Å². The highest BCUT2D eigenvalue weighted by Gasteiger charge is 2.67. The zero-order valence-corrected chi connectivity index (χ0v) is 21.1. The van der Waals surface area contributed by atoms with Crippen LogP contribution >= 0.6 is 11.8 Å². The number of amides is 1. The molecule has 4 aliphatic rings. The minimum atomic E-state index is -0.382. The quantitative estimate of drug-likeness (QED) is 0.339. The number of benzene rings is 1. The van der Waals surface area contributed by atoms with E-state index in [0.717, 1.165) is 48.5 Å². The van der Waals surface area contributed by atoms with Crippen molar-refractivity contribution in [1.82, 2.24) is 20.8 Å². The highest BCUT2D eigenvalue weighted by atomic mass is 32.2. The van der Waals surface area contributed by atoms with Gasteiger partial charge in [0.1, 0.15) is 5.75 Å². The van der Waals surface area contributed by atoms with Crippen molar-refractivity contribution >= 4 is 29.2 Å². The molecule has 3 fully saturated rings. The number of hydrogen-bond acceptors (Lipinski definition) is 9. The molecule has 1 spiro atoms. The maximum absolute atomic E-state index is 13.1. The summed E-state index contributed by atoms with van der Waals surface area (Å²) in [4.78, 5) is 22.1. The van der Waals surface area contributed by atoms with E-state index < -0.39 is 0 Å². The molecular formula is C25H32N6O3S. The molecular weight excluding hydrogens is 464 g/mol. The van der Waals surface area contributed by atoms with Crippen LogP contribution in [0.4, 0.5) is 11.5 Å². The molecule has 1 aromatic carbocycles. The van der Waals surface area contributed by atoms with E-state index in [1.165, 1.54) is 11.8 Å². The van der Waals surface area contributed by atoms with Crippen molar-refractivity contribution in [2.24, 2.45) is 17.8 Å². The number of nitrogens with zero attached hydrogens (tertiary/aromatic N) is 2. The van der Waals surface area contributed by atoms with Gasteiger partial charge in [-0.05, 0) is 74.5 Å². The van der Waals surface area contributed by atoms with Crippen molar-refractivity contribution < 1.29 is 14.3 Å². The number of methoxy groups -OCH3 is 1. The van der Waals surface area contributed by atoms with Gasteiger partial charge < -0.3 is 20.1 Å². The Labute approximate surface area is 209 Å². The van der Waals surface area contributed by atoms with E-state index in [1.807, 2.05) is 25.3 Å². The molecule has 1 amide bonds. The third-order valence-corrected chi connectivity index (χ3v) is 8.81. The van der Waals surface area contributed by atoms with Crippen molar-refractivity contribution in [2.75, 3.05) is 30.6 Å². The first-order valence-corrected chi connectivity index (χ1v) is 13.6. The van der Waals surface area contributed by atoms with Crippen molar-refractivity contribution in [1.29, 1.82) is 0 Å². The van der Waals surface area contributed by atoms with Gasteiger partial charge in [0.2, 0.25) is 5.91 Å². The maximum Gasteiger partial charge on any atom is 0.235 e. The molecule has 10 heteroatoms. The minimum absolute atomic E-state index is 0.0534. The molecule has 2 aromatic rings. The van der Waals surface area contributed by atoms with Crippen molar-refractivity contribution in [3.05, 3.63) is 30.0 Å². The summed E-state index contributed by atoms with van der Waals surface area (Å²) in [5.41, 5.74) is 8.65. The molecule has 35 heavy (non-hydrogen) atoms. The van der Waals surface area contributed by atoms with Gasteiger partial charge in [0.05, 0.1) is 31.5 Å². The Morgan fingerprint density at radius 2 is 2.17 bits per heavy atom. The predicted molar refractivity (Wildman–Crippen MR) is 135 cm³/mol. The van der Waals surface area contributed by atoms with E-state index in [9.17, 15) is 4.79 Å². The molecule has 3 heterocycles. The van der Waals surface area contributed by atoms with Gasteiger partial charge in [0, 0.05) is 17.6 Å². The molecule has 6 rings (SSSR count). The first kappa shape index (κ1) is 22.9. The third kappa shape index (κ3) is 3.73. The molecule has 0 bridgehead atoms. The Kier molecular flexibility index (Phi) is 5.77. The molecule has 4 unspecified atom stereocenters. The molecule has 2 saturated carbocycles. The zero-order chi connectivity index (χ0) is 24.2. The second kappa shape index (κ2) is 8.83. The summed E-state index contributed by atoms with van der Waals surface area (Å²) >= 11 is 1.51. The second-order valence-corrected chi connectivity index (χ2v) is 10.7. The van der Waals surface area contributed by atoms with E-state index in [1.54, 1.807) is 13.3 Å². The minimum Gasteiger partial charge on any atom is -0.497 e. The van der Waals surface area contributed by atoms with Crippen LogP contribution in [0.25, 0.3) is 0 Å². The standard InChI is InChI=1S/C25H32N6O3S/c1-4-34-20-12-26-24(35-3)29-22(20)28-21-15-7-5-13(9-19(15)30-31-21)17-11-25(17)16-10-14(33-2)6-8-18(16)27-23(25)32/h6,8,10,12-13,15,17,19,21,30-31H,4-5,7,9,11H2,1-3H3,(H,27,32)(H,26,28,29)/t13?,15?,17-,19?,21?,25-/m0/s1. The highest BCUT2D eigenvalue weighted by molar-refractivity contribution is 7.98. The summed E-state index contributed by atoms with van der Waals surface area (Å²) in [5, 5.41) is 7.40. The molecule has 1 aromatic heterocycles. The second-order valence-electron chi connectivity index (χ2n) is 9.90. The van der Waals surface area contributed by atoms with Crippen LogP contribution in [-0.2, 0) is 10.2 Å². The summed E-state index contributed by atoms with van der Waals surface area (Å²) < 4.78 is 11.2. The van der Waals surface area contributed by atoms with Crippen LogP contribution in [0, 0.1) is 17.8 Å². The van der Waals surface area contributed by atoms with E-state index in [2.05, 4.69) is 37.5 Å². The fourth-order valence-electron chi connectivity index (χ4n) is 6.48. The Morgan fingerprint density at radius 1 is 1.29 bits per heavy atom. The molecule has 0 radical (unpaired) electrons. The molecule has 6 atom stereocenters. The predicted octanol–water partition coefficient (Wildman–Crippen LogP) is 3.15. The van der Waals surface area contributed by atoms with E-state index in [0.29, 0.717) is 41.3 Å². The summed E-state index contributed by atoms with van der Waals surface area (Å²) in [7, 11) is 1.67. The van der Waals surface area contributed by atoms with Gasteiger partial charge in [-0.15, -0.1) is 0 Å². The lowest BCUT2D eigenvalue weighted by atomic mass is 9.74. The normalized spacial score (nSPS) is 32.7. The molecule has 4 N–H and O–H groups in total. The first-order valence-electron chi connectivity index (χ1n) is 12.4. The maximum atomic E-state index is 13.1. The molecule has 186 valence electrons. The topological polar surface area (TPSA) is 109 Å². The lowest BCUT2D eigenvalue weighted by Gasteiger charge is -2.34. The summed E-state index contributed by atoms with van der Waals surface area (Å²) in [6, 6.07) is 6.28. The lowest BCUT2D eigenvalue weighted by molar-refractivity contribution is -0.118. The molecule has 2 aliphatic heterocycles. The largest absolute Gasteiger partial charge is 0.497 e. The van der Waals surface area contributed by atoms with E-state index in [4.69, 9.17) is 9.47 Å². The number of ether oxygens (including phenoxy) is 2. The molecule has 1 saturated heterocycles. The number of rotatable bonds is 7. The third-order valence-electron chi connectivity index (χ3n) is 8.25. The monoisotopic (exact) mass is 496 g/mol. The smallest absolute Gasteiger partial charge is 0.235 e. The Hall–Kier alpha value is -2.56. The molecule has 2 aliphatic carbocycles. The van der Waals surface area contributed by atoms with Crippen molar-refractivity contribution in [3.8, 4) is 11.5 Å². The lowest BCUT2D eigenvalue weighted by Crippen LogP contribution is -2.39. The SMILES string of the molecule is CCOc1cnc(SC)nc1NC1NNC2CC([C@@H]3C[C@@]34C(=O)Nc3ccc(OC)cc34)CCC21. The van der Waals surface area contributed by atoms with Crippen LogP contribution in [0.2, 0.25) is 0 Å². The first-order chi connectivity index (χ1) is 17.1. The number of hydrazine groups is 1. The average molecular weight is 497 g/mol.